The topological polar surface area (TPSA) is 82.2 Å². The third-order valence-electron chi connectivity index (χ3n) is 5.09. The number of hydrogen-bond acceptors (Lipinski definition) is 5. The molecule has 0 spiro atoms. The maximum absolute atomic E-state index is 13.1. The molecule has 2 aromatic heterocycles. The number of halogens is 2. The first-order chi connectivity index (χ1) is 15.9. The Labute approximate surface area is 195 Å². The summed E-state index contributed by atoms with van der Waals surface area (Å²) in [7, 11) is 0. The van der Waals surface area contributed by atoms with E-state index in [1.165, 1.54) is 12.1 Å². The number of hydrogen-bond donors (Lipinski definition) is 1. The summed E-state index contributed by atoms with van der Waals surface area (Å²) < 4.78 is 25.6. The highest BCUT2D eigenvalue weighted by atomic mass is 35.5. The zero-order chi connectivity index (χ0) is 23.4. The lowest BCUT2D eigenvalue weighted by molar-refractivity contribution is -0.121. The van der Waals surface area contributed by atoms with Gasteiger partial charge in [0.2, 0.25) is 5.91 Å². The van der Waals surface area contributed by atoms with Crippen LogP contribution in [-0.4, -0.2) is 27.5 Å². The van der Waals surface area contributed by atoms with E-state index in [0.717, 1.165) is 11.3 Å². The van der Waals surface area contributed by atoms with Gasteiger partial charge in [-0.1, -0.05) is 35.0 Å². The molecular weight excluding hydrogens is 447 g/mol. The van der Waals surface area contributed by atoms with E-state index in [0.29, 0.717) is 40.0 Å². The first kappa shape index (κ1) is 22.7. The Morgan fingerprint density at radius 2 is 1.94 bits per heavy atom. The molecule has 33 heavy (non-hydrogen) atoms. The maximum atomic E-state index is 13.1. The highest BCUT2D eigenvalue weighted by Gasteiger charge is 2.16. The van der Waals surface area contributed by atoms with Crippen LogP contribution in [0.25, 0.3) is 11.3 Å². The van der Waals surface area contributed by atoms with Gasteiger partial charge in [0.15, 0.2) is 5.76 Å². The normalized spacial score (nSPS) is 11.0. The van der Waals surface area contributed by atoms with E-state index in [-0.39, 0.29) is 24.9 Å². The van der Waals surface area contributed by atoms with Crippen molar-refractivity contribution in [3.05, 3.63) is 88.1 Å². The minimum absolute atomic E-state index is 0.0991. The lowest BCUT2D eigenvalue weighted by Crippen LogP contribution is -2.19. The minimum Gasteiger partial charge on any atom is -0.365 e. The van der Waals surface area contributed by atoms with E-state index in [2.05, 4.69) is 15.6 Å². The summed E-state index contributed by atoms with van der Waals surface area (Å²) in [6.07, 6.45) is 0. The molecule has 4 rings (SSSR count). The number of carbonyl (C=O) groups excluding carboxylic acids is 1. The van der Waals surface area contributed by atoms with Crippen LogP contribution in [0.4, 0.5) is 10.1 Å². The molecule has 0 saturated carbocycles. The van der Waals surface area contributed by atoms with Gasteiger partial charge in [0.05, 0.1) is 30.2 Å². The lowest BCUT2D eigenvalue weighted by Gasteiger charge is -2.08. The number of aromatic nitrogens is 3. The van der Waals surface area contributed by atoms with E-state index in [9.17, 15) is 9.18 Å². The highest BCUT2D eigenvalue weighted by Crippen LogP contribution is 2.23. The van der Waals surface area contributed by atoms with Crippen LogP contribution in [0.2, 0.25) is 5.02 Å². The first-order valence-electron chi connectivity index (χ1n) is 10.3. The van der Waals surface area contributed by atoms with Gasteiger partial charge in [0.25, 0.3) is 0 Å². The summed E-state index contributed by atoms with van der Waals surface area (Å²) in [6, 6.07) is 15.2. The Hall–Kier alpha value is -3.49. The first-order valence-corrected chi connectivity index (χ1v) is 10.6. The Kier molecular flexibility index (Phi) is 6.86. The fourth-order valence-corrected chi connectivity index (χ4v) is 3.57. The zero-order valence-electron chi connectivity index (χ0n) is 18.1. The molecule has 170 valence electrons. The predicted molar refractivity (Wildman–Crippen MR) is 122 cm³/mol. The Morgan fingerprint density at radius 1 is 1.18 bits per heavy atom. The van der Waals surface area contributed by atoms with E-state index in [1.807, 2.05) is 38.1 Å². The van der Waals surface area contributed by atoms with E-state index < -0.39 is 0 Å². The van der Waals surface area contributed by atoms with Crippen molar-refractivity contribution in [2.75, 3.05) is 11.9 Å². The molecule has 0 unspecified atom stereocenters. The SMILES string of the molecule is Cc1nn(Cc2ccccc2Cl)c(C)c1NC(=O)COCc1cc(-c2ccc(F)cc2)on1. The third kappa shape index (κ3) is 5.47. The lowest BCUT2D eigenvalue weighted by atomic mass is 10.1. The number of amides is 1. The summed E-state index contributed by atoms with van der Waals surface area (Å²) in [4.78, 5) is 12.4. The van der Waals surface area contributed by atoms with Crippen LogP contribution < -0.4 is 5.32 Å². The number of aryl methyl sites for hydroxylation is 1. The summed E-state index contributed by atoms with van der Waals surface area (Å²) >= 11 is 6.25. The van der Waals surface area contributed by atoms with E-state index in [4.69, 9.17) is 20.9 Å². The summed E-state index contributed by atoms with van der Waals surface area (Å²) in [5.74, 6) is -0.135. The molecule has 9 heteroatoms. The molecule has 0 aliphatic rings. The molecule has 0 aliphatic heterocycles. The van der Waals surface area contributed by atoms with Crippen molar-refractivity contribution in [3.8, 4) is 11.3 Å². The van der Waals surface area contributed by atoms with Crippen molar-refractivity contribution < 1.29 is 18.4 Å². The van der Waals surface area contributed by atoms with Crippen molar-refractivity contribution in [2.45, 2.75) is 27.0 Å². The van der Waals surface area contributed by atoms with Crippen LogP contribution in [0.3, 0.4) is 0 Å². The summed E-state index contributed by atoms with van der Waals surface area (Å²) in [6.45, 7) is 4.16. The van der Waals surface area contributed by atoms with Gasteiger partial charge in [-0.05, 0) is 49.7 Å². The smallest absolute Gasteiger partial charge is 0.250 e. The van der Waals surface area contributed by atoms with Gasteiger partial charge in [-0.15, -0.1) is 0 Å². The monoisotopic (exact) mass is 468 g/mol. The molecule has 2 heterocycles. The van der Waals surface area contributed by atoms with Gasteiger partial charge < -0.3 is 14.6 Å². The molecule has 0 atom stereocenters. The van der Waals surface area contributed by atoms with Crippen molar-refractivity contribution in [1.29, 1.82) is 0 Å². The average Bonchev–Trinajstić information content (AvgIpc) is 3.36. The second-order valence-corrected chi connectivity index (χ2v) is 7.93. The molecule has 2 aromatic carbocycles. The Balaban J connectivity index is 1.32. The molecule has 0 radical (unpaired) electrons. The molecule has 1 amide bonds. The maximum Gasteiger partial charge on any atom is 0.250 e. The molecule has 7 nitrogen and oxygen atoms in total. The number of ether oxygens (including phenoxy) is 1. The second-order valence-electron chi connectivity index (χ2n) is 7.53. The van der Waals surface area contributed by atoms with Crippen LogP contribution in [0, 0.1) is 19.7 Å². The molecule has 0 aliphatic carbocycles. The highest BCUT2D eigenvalue weighted by molar-refractivity contribution is 6.31. The van der Waals surface area contributed by atoms with Crippen LogP contribution in [0.5, 0.6) is 0 Å². The number of nitrogens with zero attached hydrogens (tertiary/aromatic N) is 3. The number of benzene rings is 2. The van der Waals surface area contributed by atoms with Crippen molar-refractivity contribution in [3.63, 3.8) is 0 Å². The summed E-state index contributed by atoms with van der Waals surface area (Å²) in [5, 5.41) is 12.0. The van der Waals surface area contributed by atoms with Crippen molar-refractivity contribution in [1.82, 2.24) is 14.9 Å². The van der Waals surface area contributed by atoms with Crippen LogP contribution in [-0.2, 0) is 22.7 Å². The van der Waals surface area contributed by atoms with Gasteiger partial charge in [-0.25, -0.2) is 4.39 Å². The largest absolute Gasteiger partial charge is 0.365 e. The van der Waals surface area contributed by atoms with E-state index >= 15 is 0 Å². The van der Waals surface area contributed by atoms with Gasteiger partial charge in [0, 0.05) is 16.7 Å². The average molecular weight is 469 g/mol. The predicted octanol–water partition coefficient (Wildman–Crippen LogP) is 5.15. The van der Waals surface area contributed by atoms with Crippen LogP contribution >= 0.6 is 11.6 Å². The fourth-order valence-electron chi connectivity index (χ4n) is 3.37. The minimum atomic E-state index is -0.326. The summed E-state index contributed by atoms with van der Waals surface area (Å²) in [5.41, 5.74) is 4.35. The second kappa shape index (κ2) is 9.97. The molecule has 0 saturated heterocycles. The van der Waals surface area contributed by atoms with Crippen LogP contribution in [0.1, 0.15) is 22.6 Å². The number of anilines is 1. The fraction of sp³-hybridized carbons (Fsp3) is 0.208. The van der Waals surface area contributed by atoms with Gasteiger partial charge in [-0.3, -0.25) is 9.48 Å². The molecule has 0 bridgehead atoms. The van der Waals surface area contributed by atoms with Crippen molar-refractivity contribution in [2.24, 2.45) is 0 Å². The Morgan fingerprint density at radius 3 is 2.70 bits per heavy atom. The quantitative estimate of drug-likeness (QED) is 0.386. The molecule has 4 aromatic rings. The Bertz CT molecular complexity index is 1270. The number of rotatable bonds is 8. The van der Waals surface area contributed by atoms with Gasteiger partial charge >= 0.3 is 0 Å². The van der Waals surface area contributed by atoms with Gasteiger partial charge in [0.1, 0.15) is 18.1 Å². The van der Waals surface area contributed by atoms with Crippen LogP contribution in [0.15, 0.2) is 59.1 Å². The number of carbonyl (C=O) groups is 1. The number of nitrogens with one attached hydrogen (secondary N) is 1. The van der Waals surface area contributed by atoms with Crippen molar-refractivity contribution >= 4 is 23.2 Å². The zero-order valence-corrected chi connectivity index (χ0v) is 18.9. The molecule has 0 fully saturated rings. The van der Waals surface area contributed by atoms with Gasteiger partial charge in [-0.2, -0.15) is 5.10 Å². The standard InChI is InChI=1S/C24H22ClFN4O3/c1-15-24(16(2)30(28-15)12-18-5-3-4-6-21(18)25)27-23(31)14-32-13-20-11-22(33-29-20)17-7-9-19(26)10-8-17/h3-11H,12-14H2,1-2H3,(H,27,31). The third-order valence-corrected chi connectivity index (χ3v) is 5.46. The van der Waals surface area contributed by atoms with E-state index in [1.54, 1.807) is 22.9 Å². The molecular formula is C24H22ClFN4O3. The molecule has 1 N–H and O–H groups in total.